The van der Waals surface area contributed by atoms with E-state index in [9.17, 15) is 4.79 Å². The van der Waals surface area contributed by atoms with Gasteiger partial charge in [0.15, 0.2) is 0 Å². The van der Waals surface area contributed by atoms with E-state index >= 15 is 0 Å². The molecule has 0 atom stereocenters. The number of ether oxygens (including phenoxy) is 1. The van der Waals surface area contributed by atoms with Crippen LogP contribution >= 0.6 is 0 Å². The summed E-state index contributed by atoms with van der Waals surface area (Å²) in [5, 5.41) is 16.3. The number of carboxylic acids is 1. The molecule has 2 N–H and O–H groups in total. The van der Waals surface area contributed by atoms with Crippen LogP contribution in [-0.4, -0.2) is 21.3 Å². The molecule has 1 aromatic heterocycles. The Kier molecular flexibility index (Phi) is 5.94. The lowest BCUT2D eigenvalue weighted by Gasteiger charge is -2.28. The Hall–Kier alpha value is -3.08. The van der Waals surface area contributed by atoms with Gasteiger partial charge in [-0.15, -0.1) is 5.10 Å². The normalized spacial score (nSPS) is 19.0. The fourth-order valence-corrected chi connectivity index (χ4v) is 4.14. The quantitative estimate of drug-likeness (QED) is 0.566. The van der Waals surface area contributed by atoms with Gasteiger partial charge >= 0.3 is 5.97 Å². The molecule has 1 aliphatic carbocycles. The van der Waals surface area contributed by atoms with Gasteiger partial charge in [-0.25, -0.2) is 0 Å². The van der Waals surface area contributed by atoms with E-state index in [0.717, 1.165) is 42.5 Å². The SMILES string of the molecule is O=C(O)CC1CCC(c2ccc(-c3cc(OCc4ccccc4)n[nH]3)cc2)CC1. The Morgan fingerprint density at radius 2 is 1.76 bits per heavy atom. The van der Waals surface area contributed by atoms with Crippen LogP contribution in [0.3, 0.4) is 0 Å². The molecule has 29 heavy (non-hydrogen) atoms. The standard InChI is InChI=1S/C24H26N2O3/c27-24(28)14-17-6-8-19(9-7-17)20-10-12-21(13-11-20)22-15-23(26-25-22)29-16-18-4-2-1-3-5-18/h1-5,10-13,15,17,19H,6-9,14,16H2,(H,25,26)(H,27,28). The highest BCUT2D eigenvalue weighted by molar-refractivity contribution is 5.67. The van der Waals surface area contributed by atoms with Crippen molar-refractivity contribution in [3.05, 3.63) is 71.8 Å². The van der Waals surface area contributed by atoms with Crippen molar-refractivity contribution >= 4 is 5.97 Å². The zero-order valence-electron chi connectivity index (χ0n) is 16.4. The molecule has 0 aliphatic heterocycles. The number of carboxylic acid groups (broad SMARTS) is 1. The summed E-state index contributed by atoms with van der Waals surface area (Å²) in [7, 11) is 0. The minimum absolute atomic E-state index is 0.306. The monoisotopic (exact) mass is 390 g/mol. The third kappa shape index (κ3) is 5.05. The Labute approximate surface area is 170 Å². The van der Waals surface area contributed by atoms with E-state index in [1.807, 2.05) is 36.4 Å². The van der Waals surface area contributed by atoms with Crippen LogP contribution in [0.2, 0.25) is 0 Å². The molecule has 0 unspecified atom stereocenters. The first-order chi connectivity index (χ1) is 14.2. The zero-order chi connectivity index (χ0) is 20.1. The topological polar surface area (TPSA) is 75.2 Å². The number of H-pyrrole nitrogens is 1. The summed E-state index contributed by atoms with van der Waals surface area (Å²) in [6.07, 6.45) is 4.45. The Bertz CT molecular complexity index is 926. The summed E-state index contributed by atoms with van der Waals surface area (Å²) in [5.74, 6) is 0.775. The number of aliphatic carboxylic acids is 1. The predicted molar refractivity (Wildman–Crippen MR) is 112 cm³/mol. The van der Waals surface area contributed by atoms with Crippen LogP contribution in [0.5, 0.6) is 5.88 Å². The second kappa shape index (κ2) is 8.95. The maximum atomic E-state index is 10.9. The maximum Gasteiger partial charge on any atom is 0.303 e. The molecular weight excluding hydrogens is 364 g/mol. The van der Waals surface area contributed by atoms with Crippen LogP contribution in [0.4, 0.5) is 0 Å². The molecule has 0 radical (unpaired) electrons. The molecule has 5 nitrogen and oxygen atoms in total. The number of benzene rings is 2. The molecule has 1 aliphatic rings. The highest BCUT2D eigenvalue weighted by Gasteiger charge is 2.24. The van der Waals surface area contributed by atoms with E-state index in [0.29, 0.717) is 30.7 Å². The van der Waals surface area contributed by atoms with Crippen LogP contribution in [-0.2, 0) is 11.4 Å². The first kappa shape index (κ1) is 19.2. The molecule has 1 fully saturated rings. The van der Waals surface area contributed by atoms with Crippen molar-refractivity contribution in [1.82, 2.24) is 10.2 Å². The fourth-order valence-electron chi connectivity index (χ4n) is 4.14. The van der Waals surface area contributed by atoms with Gasteiger partial charge in [0.1, 0.15) is 6.61 Å². The molecule has 1 heterocycles. The molecule has 0 bridgehead atoms. The number of aromatic amines is 1. The number of hydrogen-bond donors (Lipinski definition) is 2. The van der Waals surface area contributed by atoms with Gasteiger partial charge in [0.25, 0.3) is 0 Å². The lowest BCUT2D eigenvalue weighted by molar-refractivity contribution is -0.138. The summed E-state index contributed by atoms with van der Waals surface area (Å²) in [6.45, 7) is 0.495. The molecule has 2 aromatic carbocycles. The van der Waals surface area contributed by atoms with Crippen molar-refractivity contribution in [2.45, 2.75) is 44.6 Å². The third-order valence-electron chi connectivity index (χ3n) is 5.79. The summed E-state index contributed by atoms with van der Waals surface area (Å²) in [5.41, 5.74) is 4.46. The van der Waals surface area contributed by atoms with E-state index in [1.165, 1.54) is 5.56 Å². The smallest absolute Gasteiger partial charge is 0.303 e. The molecule has 4 rings (SSSR count). The molecule has 0 spiro atoms. The van der Waals surface area contributed by atoms with Gasteiger partial charge < -0.3 is 9.84 Å². The number of carbonyl (C=O) groups is 1. The third-order valence-corrected chi connectivity index (χ3v) is 5.79. The second-order valence-electron chi connectivity index (χ2n) is 7.83. The summed E-state index contributed by atoms with van der Waals surface area (Å²) in [6, 6.07) is 20.6. The van der Waals surface area contributed by atoms with Crippen molar-refractivity contribution in [1.29, 1.82) is 0 Å². The number of hydrogen-bond acceptors (Lipinski definition) is 3. The van der Waals surface area contributed by atoms with E-state index in [1.54, 1.807) is 0 Å². The van der Waals surface area contributed by atoms with Gasteiger partial charge in [-0.3, -0.25) is 9.89 Å². The van der Waals surface area contributed by atoms with Crippen molar-refractivity contribution in [2.24, 2.45) is 5.92 Å². The Balaban J connectivity index is 1.34. The van der Waals surface area contributed by atoms with Gasteiger partial charge in [0.05, 0.1) is 5.69 Å². The van der Waals surface area contributed by atoms with Gasteiger partial charge in [-0.05, 0) is 54.2 Å². The largest absolute Gasteiger partial charge is 0.481 e. The molecule has 5 heteroatoms. The Morgan fingerprint density at radius 3 is 2.45 bits per heavy atom. The average Bonchev–Trinajstić information content (AvgIpc) is 3.22. The van der Waals surface area contributed by atoms with Crippen molar-refractivity contribution in [2.75, 3.05) is 0 Å². The second-order valence-corrected chi connectivity index (χ2v) is 7.83. The minimum atomic E-state index is -0.676. The van der Waals surface area contributed by atoms with Crippen LogP contribution in [0, 0.1) is 5.92 Å². The van der Waals surface area contributed by atoms with Crippen molar-refractivity contribution < 1.29 is 14.6 Å². The average molecular weight is 390 g/mol. The van der Waals surface area contributed by atoms with Gasteiger partial charge in [-0.2, -0.15) is 0 Å². The molecular formula is C24H26N2O3. The van der Waals surface area contributed by atoms with Crippen molar-refractivity contribution in [3.8, 4) is 17.1 Å². The molecule has 3 aromatic rings. The number of aromatic nitrogens is 2. The Morgan fingerprint density at radius 1 is 1.03 bits per heavy atom. The van der Waals surface area contributed by atoms with Crippen LogP contribution in [0.25, 0.3) is 11.3 Å². The van der Waals surface area contributed by atoms with E-state index in [2.05, 4.69) is 34.5 Å². The minimum Gasteiger partial charge on any atom is -0.481 e. The molecule has 1 saturated carbocycles. The molecule has 0 amide bonds. The van der Waals surface area contributed by atoms with Crippen LogP contribution < -0.4 is 4.74 Å². The summed E-state index contributed by atoms with van der Waals surface area (Å²) >= 11 is 0. The predicted octanol–water partition coefficient (Wildman–Crippen LogP) is 5.40. The van der Waals surface area contributed by atoms with E-state index < -0.39 is 5.97 Å². The number of nitrogens with zero attached hydrogens (tertiary/aromatic N) is 1. The first-order valence-corrected chi connectivity index (χ1v) is 10.2. The van der Waals surface area contributed by atoms with Gasteiger partial charge in [0, 0.05) is 12.5 Å². The van der Waals surface area contributed by atoms with E-state index in [4.69, 9.17) is 9.84 Å². The van der Waals surface area contributed by atoms with Crippen LogP contribution in [0.1, 0.15) is 49.1 Å². The lowest BCUT2D eigenvalue weighted by Crippen LogP contribution is -2.16. The highest BCUT2D eigenvalue weighted by atomic mass is 16.5. The summed E-state index contributed by atoms with van der Waals surface area (Å²) < 4.78 is 5.77. The van der Waals surface area contributed by atoms with E-state index in [-0.39, 0.29) is 0 Å². The van der Waals surface area contributed by atoms with Crippen molar-refractivity contribution in [3.63, 3.8) is 0 Å². The van der Waals surface area contributed by atoms with Gasteiger partial charge in [0.2, 0.25) is 5.88 Å². The van der Waals surface area contributed by atoms with Crippen LogP contribution in [0.15, 0.2) is 60.7 Å². The maximum absolute atomic E-state index is 10.9. The lowest BCUT2D eigenvalue weighted by atomic mass is 9.77. The molecule has 150 valence electrons. The number of nitrogens with one attached hydrogen (secondary N) is 1. The zero-order valence-corrected chi connectivity index (χ0v) is 16.4. The molecule has 0 saturated heterocycles. The fraction of sp³-hybridized carbons (Fsp3) is 0.333. The van der Waals surface area contributed by atoms with Gasteiger partial charge in [-0.1, -0.05) is 54.6 Å². The highest BCUT2D eigenvalue weighted by Crippen LogP contribution is 2.37. The number of rotatable bonds is 7. The summed E-state index contributed by atoms with van der Waals surface area (Å²) in [4.78, 5) is 10.9. The first-order valence-electron chi connectivity index (χ1n) is 10.2.